The molecule has 28 heavy (non-hydrogen) atoms. The van der Waals surface area contributed by atoms with Crippen molar-refractivity contribution < 1.29 is 19.1 Å². The van der Waals surface area contributed by atoms with Gasteiger partial charge in [0, 0.05) is 15.7 Å². The SMILES string of the molecule is CCCCOc1cc(Br)ccc1[C@@H]1[C@H](C(=O)OC)NC(=O)N1c1ccccc1. The molecule has 3 rings (SSSR count). The van der Waals surface area contributed by atoms with E-state index in [-0.39, 0.29) is 6.03 Å². The van der Waals surface area contributed by atoms with Gasteiger partial charge in [0.25, 0.3) is 0 Å². The molecule has 0 aliphatic carbocycles. The molecule has 2 atom stereocenters. The zero-order valence-corrected chi connectivity index (χ0v) is 17.4. The first kappa shape index (κ1) is 20.2. The van der Waals surface area contributed by atoms with Crippen LogP contribution in [0.1, 0.15) is 31.4 Å². The molecule has 0 bridgehead atoms. The minimum atomic E-state index is -0.840. The molecule has 0 radical (unpaired) electrons. The van der Waals surface area contributed by atoms with Crippen LogP contribution in [-0.2, 0) is 9.53 Å². The zero-order valence-electron chi connectivity index (χ0n) is 15.9. The Balaban J connectivity index is 2.08. The van der Waals surface area contributed by atoms with Gasteiger partial charge in [-0.25, -0.2) is 9.59 Å². The van der Waals surface area contributed by atoms with Gasteiger partial charge in [-0.3, -0.25) is 4.90 Å². The zero-order chi connectivity index (χ0) is 20.1. The molecule has 0 spiro atoms. The van der Waals surface area contributed by atoms with Crippen LogP contribution >= 0.6 is 15.9 Å². The standard InChI is InChI=1S/C21H23BrN2O4/c1-3-4-12-28-17-13-14(22)10-11-16(17)19-18(20(25)27-2)23-21(26)24(19)15-8-6-5-7-9-15/h5-11,13,18-19H,3-4,12H2,1-2H3,(H,23,26)/t18-,19-/m1/s1. The van der Waals surface area contributed by atoms with Crippen LogP contribution < -0.4 is 15.0 Å². The van der Waals surface area contributed by atoms with Crippen molar-refractivity contribution in [1.82, 2.24) is 5.32 Å². The number of rotatable bonds is 7. The summed E-state index contributed by atoms with van der Waals surface area (Å²) in [5.74, 6) is 0.137. The van der Waals surface area contributed by atoms with Gasteiger partial charge in [-0.05, 0) is 30.7 Å². The Labute approximate surface area is 172 Å². The molecule has 148 valence electrons. The summed E-state index contributed by atoms with van der Waals surface area (Å²) >= 11 is 3.48. The first-order valence-electron chi connectivity index (χ1n) is 9.21. The summed E-state index contributed by atoms with van der Waals surface area (Å²) in [7, 11) is 1.32. The Morgan fingerprint density at radius 2 is 1.96 bits per heavy atom. The van der Waals surface area contributed by atoms with E-state index in [1.54, 1.807) is 4.90 Å². The predicted octanol–water partition coefficient (Wildman–Crippen LogP) is 4.44. The summed E-state index contributed by atoms with van der Waals surface area (Å²) in [6.07, 6.45) is 1.92. The highest BCUT2D eigenvalue weighted by molar-refractivity contribution is 9.10. The number of amides is 2. The van der Waals surface area contributed by atoms with Gasteiger partial charge in [0.1, 0.15) is 5.75 Å². The highest BCUT2D eigenvalue weighted by Crippen LogP contribution is 2.40. The van der Waals surface area contributed by atoms with E-state index < -0.39 is 18.1 Å². The van der Waals surface area contributed by atoms with Crippen LogP contribution in [0.4, 0.5) is 10.5 Å². The monoisotopic (exact) mass is 446 g/mol. The van der Waals surface area contributed by atoms with E-state index in [0.717, 1.165) is 22.9 Å². The van der Waals surface area contributed by atoms with Crippen molar-refractivity contribution in [2.24, 2.45) is 0 Å². The lowest BCUT2D eigenvalue weighted by molar-refractivity contribution is -0.142. The Morgan fingerprint density at radius 3 is 2.64 bits per heavy atom. The molecule has 1 fully saturated rings. The van der Waals surface area contributed by atoms with Crippen LogP contribution in [0.15, 0.2) is 53.0 Å². The molecule has 2 aromatic carbocycles. The molecule has 1 saturated heterocycles. The Bertz CT molecular complexity index is 844. The number of para-hydroxylation sites is 1. The largest absolute Gasteiger partial charge is 0.493 e. The van der Waals surface area contributed by atoms with E-state index in [4.69, 9.17) is 9.47 Å². The van der Waals surface area contributed by atoms with Crippen molar-refractivity contribution in [2.45, 2.75) is 31.8 Å². The summed E-state index contributed by atoms with van der Waals surface area (Å²) < 4.78 is 11.8. The van der Waals surface area contributed by atoms with Crippen LogP contribution in [0.3, 0.4) is 0 Å². The van der Waals surface area contributed by atoms with Crippen LogP contribution in [-0.4, -0.2) is 31.8 Å². The van der Waals surface area contributed by atoms with Crippen LogP contribution in [0.2, 0.25) is 0 Å². The number of carbonyl (C=O) groups excluding carboxylic acids is 2. The smallest absolute Gasteiger partial charge is 0.330 e. The molecular formula is C21H23BrN2O4. The maximum Gasteiger partial charge on any atom is 0.330 e. The second-order valence-corrected chi connectivity index (χ2v) is 7.40. The maximum absolute atomic E-state index is 12.8. The van der Waals surface area contributed by atoms with Crippen molar-refractivity contribution in [3.63, 3.8) is 0 Å². The summed E-state index contributed by atoms with van der Waals surface area (Å²) in [6, 6.07) is 13.1. The van der Waals surface area contributed by atoms with Crippen LogP contribution in [0, 0.1) is 0 Å². The number of nitrogens with one attached hydrogen (secondary N) is 1. The molecule has 1 heterocycles. The van der Waals surface area contributed by atoms with E-state index in [1.165, 1.54) is 7.11 Å². The summed E-state index contributed by atoms with van der Waals surface area (Å²) in [6.45, 7) is 2.65. The molecule has 0 aromatic heterocycles. The first-order chi connectivity index (χ1) is 13.6. The molecule has 1 aliphatic heterocycles. The number of nitrogens with zero attached hydrogens (tertiary/aromatic N) is 1. The van der Waals surface area contributed by atoms with Gasteiger partial charge in [0.05, 0.1) is 19.8 Å². The first-order valence-corrected chi connectivity index (χ1v) is 10.0. The number of benzene rings is 2. The second kappa shape index (κ2) is 9.10. The number of esters is 1. The number of anilines is 1. The van der Waals surface area contributed by atoms with Gasteiger partial charge in [-0.1, -0.05) is 53.5 Å². The lowest BCUT2D eigenvalue weighted by Crippen LogP contribution is -2.37. The number of hydrogen-bond donors (Lipinski definition) is 1. The van der Waals surface area contributed by atoms with E-state index in [2.05, 4.69) is 28.2 Å². The molecular weight excluding hydrogens is 424 g/mol. The van der Waals surface area contributed by atoms with Gasteiger partial charge in [-0.15, -0.1) is 0 Å². The van der Waals surface area contributed by atoms with Gasteiger partial charge >= 0.3 is 12.0 Å². The van der Waals surface area contributed by atoms with Crippen molar-refractivity contribution >= 4 is 33.6 Å². The Morgan fingerprint density at radius 1 is 1.21 bits per heavy atom. The van der Waals surface area contributed by atoms with E-state index in [1.807, 2.05) is 48.5 Å². The van der Waals surface area contributed by atoms with Gasteiger partial charge in [0.2, 0.25) is 0 Å². The number of halogens is 1. The number of hydrogen-bond acceptors (Lipinski definition) is 4. The van der Waals surface area contributed by atoms with Crippen molar-refractivity contribution in [3.8, 4) is 5.75 Å². The Hall–Kier alpha value is -2.54. The number of unbranched alkanes of at least 4 members (excludes halogenated alkanes) is 1. The Kier molecular flexibility index (Phi) is 6.57. The average molecular weight is 447 g/mol. The minimum absolute atomic E-state index is 0.353. The second-order valence-electron chi connectivity index (χ2n) is 6.48. The molecule has 0 saturated carbocycles. The summed E-state index contributed by atoms with van der Waals surface area (Å²) in [5.41, 5.74) is 1.44. The minimum Gasteiger partial charge on any atom is -0.493 e. The maximum atomic E-state index is 12.8. The number of ether oxygens (including phenoxy) is 2. The van der Waals surface area contributed by atoms with E-state index in [9.17, 15) is 9.59 Å². The van der Waals surface area contributed by atoms with Crippen molar-refractivity contribution in [2.75, 3.05) is 18.6 Å². The third-order valence-corrected chi connectivity index (χ3v) is 5.12. The lowest BCUT2D eigenvalue weighted by Gasteiger charge is -2.27. The topological polar surface area (TPSA) is 67.9 Å². The number of carbonyl (C=O) groups is 2. The van der Waals surface area contributed by atoms with Gasteiger partial charge < -0.3 is 14.8 Å². The third kappa shape index (κ3) is 4.14. The molecule has 0 unspecified atom stereocenters. The summed E-state index contributed by atoms with van der Waals surface area (Å²) in [4.78, 5) is 26.8. The molecule has 2 aromatic rings. The van der Waals surface area contributed by atoms with Crippen LogP contribution in [0.25, 0.3) is 0 Å². The fourth-order valence-corrected chi connectivity index (χ4v) is 3.60. The van der Waals surface area contributed by atoms with Crippen molar-refractivity contribution in [3.05, 3.63) is 58.6 Å². The van der Waals surface area contributed by atoms with Crippen molar-refractivity contribution in [1.29, 1.82) is 0 Å². The van der Waals surface area contributed by atoms with E-state index >= 15 is 0 Å². The average Bonchev–Trinajstić information content (AvgIpc) is 3.05. The number of methoxy groups -OCH3 is 1. The number of urea groups is 1. The quantitative estimate of drug-likeness (QED) is 0.504. The van der Waals surface area contributed by atoms with Crippen LogP contribution in [0.5, 0.6) is 5.75 Å². The predicted molar refractivity (Wildman–Crippen MR) is 111 cm³/mol. The summed E-state index contributed by atoms with van der Waals surface area (Å²) in [5, 5.41) is 2.76. The molecule has 1 N–H and O–H groups in total. The fraction of sp³-hybridized carbons (Fsp3) is 0.333. The third-order valence-electron chi connectivity index (χ3n) is 4.63. The fourth-order valence-electron chi connectivity index (χ4n) is 3.26. The van der Waals surface area contributed by atoms with Gasteiger partial charge in [0.15, 0.2) is 6.04 Å². The molecule has 6 nitrogen and oxygen atoms in total. The lowest BCUT2D eigenvalue weighted by atomic mass is 9.98. The molecule has 2 amide bonds. The molecule has 7 heteroatoms. The highest BCUT2D eigenvalue weighted by Gasteiger charge is 2.46. The highest BCUT2D eigenvalue weighted by atomic mass is 79.9. The normalized spacial score (nSPS) is 18.7. The van der Waals surface area contributed by atoms with Gasteiger partial charge in [-0.2, -0.15) is 0 Å². The molecule has 1 aliphatic rings. The van der Waals surface area contributed by atoms with E-state index in [0.29, 0.717) is 18.0 Å².